The highest BCUT2D eigenvalue weighted by molar-refractivity contribution is 7.98. The molecule has 0 fully saturated rings. The molecule has 0 aromatic heterocycles. The van der Waals surface area contributed by atoms with Gasteiger partial charge in [-0.25, -0.2) is 9.18 Å². The molecule has 1 N–H and O–H groups in total. The summed E-state index contributed by atoms with van der Waals surface area (Å²) in [6, 6.07) is 8.68. The van der Waals surface area contributed by atoms with E-state index in [9.17, 15) is 14.0 Å². The van der Waals surface area contributed by atoms with Crippen molar-refractivity contribution in [2.75, 3.05) is 18.2 Å². The van der Waals surface area contributed by atoms with Crippen LogP contribution in [0.4, 0.5) is 10.1 Å². The van der Waals surface area contributed by atoms with E-state index in [0.717, 1.165) is 11.0 Å². The van der Waals surface area contributed by atoms with E-state index in [-0.39, 0.29) is 15.6 Å². The van der Waals surface area contributed by atoms with Crippen molar-refractivity contribution >= 4 is 52.5 Å². The molecule has 0 atom stereocenters. The number of nitrogens with one attached hydrogen (secondary N) is 1. The van der Waals surface area contributed by atoms with Crippen LogP contribution in [-0.2, 0) is 9.53 Å². The molecule has 2 rings (SSSR count). The maximum absolute atomic E-state index is 13.0. The van der Waals surface area contributed by atoms with Crippen LogP contribution in [-0.4, -0.2) is 24.7 Å². The fraction of sp³-hybridized carbons (Fsp3) is 0.125. The highest BCUT2D eigenvalue weighted by Crippen LogP contribution is 2.24. The normalized spacial score (nSPS) is 10.3. The Morgan fingerprint density at radius 3 is 2.58 bits per heavy atom. The molecule has 0 bridgehead atoms. The number of hydrogen-bond acceptors (Lipinski definition) is 4. The third-order valence-corrected chi connectivity index (χ3v) is 4.28. The van der Waals surface area contributed by atoms with Crippen LogP contribution in [0.25, 0.3) is 0 Å². The number of amides is 1. The van der Waals surface area contributed by atoms with Crippen molar-refractivity contribution in [2.45, 2.75) is 4.90 Å². The molecule has 0 unspecified atom stereocenters. The molecule has 0 heterocycles. The minimum Gasteiger partial charge on any atom is -0.452 e. The van der Waals surface area contributed by atoms with E-state index in [1.54, 1.807) is 18.2 Å². The average Bonchev–Trinajstić information content (AvgIpc) is 2.56. The molecule has 0 radical (unpaired) electrons. The number of anilines is 1. The van der Waals surface area contributed by atoms with Gasteiger partial charge in [0, 0.05) is 10.6 Å². The number of carbonyl (C=O) groups is 2. The first-order valence-electron chi connectivity index (χ1n) is 6.66. The number of hydrogen-bond donors (Lipinski definition) is 1. The summed E-state index contributed by atoms with van der Waals surface area (Å²) in [6.45, 7) is -0.506. The van der Waals surface area contributed by atoms with Crippen LogP contribution >= 0.6 is 35.0 Å². The van der Waals surface area contributed by atoms with E-state index in [1.165, 1.54) is 23.9 Å². The number of thioether (sulfide) groups is 1. The molecule has 4 nitrogen and oxygen atoms in total. The van der Waals surface area contributed by atoms with Gasteiger partial charge in [0.2, 0.25) is 0 Å². The molecule has 0 aliphatic carbocycles. The lowest BCUT2D eigenvalue weighted by Crippen LogP contribution is -2.21. The maximum atomic E-state index is 13.0. The quantitative estimate of drug-likeness (QED) is 0.599. The Kier molecular flexibility index (Phi) is 6.48. The van der Waals surface area contributed by atoms with Gasteiger partial charge < -0.3 is 10.1 Å². The summed E-state index contributed by atoms with van der Waals surface area (Å²) < 4.78 is 18.0. The average molecular weight is 388 g/mol. The van der Waals surface area contributed by atoms with Crippen LogP contribution in [0.5, 0.6) is 0 Å². The molecule has 0 aliphatic heterocycles. The van der Waals surface area contributed by atoms with E-state index < -0.39 is 24.3 Å². The zero-order valence-corrected chi connectivity index (χ0v) is 14.8. The van der Waals surface area contributed by atoms with Crippen LogP contribution in [0.1, 0.15) is 10.4 Å². The molecule has 0 saturated heterocycles. The highest BCUT2D eigenvalue weighted by atomic mass is 35.5. The fourth-order valence-corrected chi connectivity index (χ4v) is 2.58. The van der Waals surface area contributed by atoms with Gasteiger partial charge >= 0.3 is 5.97 Å². The summed E-state index contributed by atoms with van der Waals surface area (Å²) in [6.07, 6.45) is 1.86. The van der Waals surface area contributed by atoms with Gasteiger partial charge in [-0.05, 0) is 42.7 Å². The van der Waals surface area contributed by atoms with Gasteiger partial charge in [-0.1, -0.05) is 23.2 Å². The minimum absolute atomic E-state index is 0.120. The second-order valence-electron chi connectivity index (χ2n) is 4.60. The smallest absolute Gasteiger partial charge is 0.340 e. The topological polar surface area (TPSA) is 55.4 Å². The highest BCUT2D eigenvalue weighted by Gasteiger charge is 2.15. The van der Waals surface area contributed by atoms with E-state index in [4.69, 9.17) is 27.9 Å². The summed E-state index contributed by atoms with van der Waals surface area (Å²) >= 11 is 13.0. The fourth-order valence-electron chi connectivity index (χ4n) is 1.77. The Balaban J connectivity index is 1.96. The van der Waals surface area contributed by atoms with Gasteiger partial charge in [0.15, 0.2) is 6.61 Å². The molecule has 1 amide bonds. The SMILES string of the molecule is CSc1ccc(Cl)c(C(=O)OCC(=O)Nc2ccc(F)c(Cl)c2)c1. The van der Waals surface area contributed by atoms with Crippen molar-refractivity contribution < 1.29 is 18.7 Å². The van der Waals surface area contributed by atoms with Gasteiger partial charge in [0.25, 0.3) is 5.91 Å². The molecule has 8 heteroatoms. The molecule has 0 aliphatic rings. The van der Waals surface area contributed by atoms with Crippen molar-refractivity contribution in [3.8, 4) is 0 Å². The van der Waals surface area contributed by atoms with E-state index in [2.05, 4.69) is 5.32 Å². The number of ether oxygens (including phenoxy) is 1. The number of benzene rings is 2. The maximum Gasteiger partial charge on any atom is 0.340 e. The third-order valence-electron chi connectivity index (χ3n) is 2.93. The molecular formula is C16H12Cl2FNO3S. The molecule has 2 aromatic rings. The lowest BCUT2D eigenvalue weighted by atomic mass is 10.2. The van der Waals surface area contributed by atoms with Gasteiger partial charge in [-0.2, -0.15) is 0 Å². The molecule has 126 valence electrons. The Morgan fingerprint density at radius 2 is 1.92 bits per heavy atom. The lowest BCUT2D eigenvalue weighted by Gasteiger charge is -2.09. The van der Waals surface area contributed by atoms with E-state index >= 15 is 0 Å². The standard InChI is InChI=1S/C16H12Cl2FNO3S/c1-24-10-3-4-12(17)11(7-10)16(22)23-8-15(21)20-9-2-5-14(19)13(18)6-9/h2-7H,8H2,1H3,(H,20,21). The van der Waals surface area contributed by atoms with Crippen molar-refractivity contribution in [1.82, 2.24) is 0 Å². The van der Waals surface area contributed by atoms with E-state index in [0.29, 0.717) is 5.69 Å². The van der Waals surface area contributed by atoms with Gasteiger partial charge in [-0.15, -0.1) is 11.8 Å². The Morgan fingerprint density at radius 1 is 1.17 bits per heavy atom. The summed E-state index contributed by atoms with van der Waals surface area (Å²) in [4.78, 5) is 24.7. The van der Waals surface area contributed by atoms with E-state index in [1.807, 2.05) is 6.26 Å². The number of rotatable bonds is 5. The van der Waals surface area contributed by atoms with Gasteiger partial charge in [-0.3, -0.25) is 4.79 Å². The first-order valence-corrected chi connectivity index (χ1v) is 8.64. The predicted octanol–water partition coefficient (Wildman–Crippen LogP) is 4.65. The minimum atomic E-state index is -0.705. The molecule has 0 saturated carbocycles. The summed E-state index contributed by atoms with van der Waals surface area (Å²) in [5.41, 5.74) is 0.478. The Hall–Kier alpha value is -1.76. The monoisotopic (exact) mass is 387 g/mol. The van der Waals surface area contributed by atoms with Crippen LogP contribution in [0.15, 0.2) is 41.3 Å². The number of carbonyl (C=O) groups excluding carboxylic acids is 2. The van der Waals surface area contributed by atoms with Crippen LogP contribution < -0.4 is 5.32 Å². The first kappa shape index (κ1) is 18.6. The van der Waals surface area contributed by atoms with Crippen LogP contribution in [0.2, 0.25) is 10.0 Å². The number of esters is 1. The predicted molar refractivity (Wildman–Crippen MR) is 93.6 cm³/mol. The van der Waals surface area contributed by atoms with Crippen molar-refractivity contribution in [3.05, 3.63) is 57.8 Å². The molecule has 2 aromatic carbocycles. The molecular weight excluding hydrogens is 376 g/mol. The van der Waals surface area contributed by atoms with Crippen molar-refractivity contribution in [1.29, 1.82) is 0 Å². The van der Waals surface area contributed by atoms with Crippen molar-refractivity contribution in [3.63, 3.8) is 0 Å². The second-order valence-corrected chi connectivity index (χ2v) is 6.29. The summed E-state index contributed by atoms with van der Waals surface area (Å²) in [7, 11) is 0. The summed E-state index contributed by atoms with van der Waals surface area (Å²) in [5.74, 6) is -1.88. The van der Waals surface area contributed by atoms with Crippen molar-refractivity contribution in [2.24, 2.45) is 0 Å². The molecule has 24 heavy (non-hydrogen) atoms. The summed E-state index contributed by atoms with van der Waals surface area (Å²) in [5, 5.41) is 2.57. The Bertz CT molecular complexity index is 786. The largest absolute Gasteiger partial charge is 0.452 e. The van der Waals surface area contributed by atoms with Gasteiger partial charge in [0.05, 0.1) is 15.6 Å². The zero-order chi connectivity index (χ0) is 17.7. The Labute approximate surface area is 152 Å². The van der Waals surface area contributed by atoms with Crippen LogP contribution in [0, 0.1) is 5.82 Å². The van der Waals surface area contributed by atoms with Gasteiger partial charge in [0.1, 0.15) is 5.82 Å². The lowest BCUT2D eigenvalue weighted by molar-refractivity contribution is -0.119. The second kappa shape index (κ2) is 8.37. The first-order chi connectivity index (χ1) is 11.4. The molecule has 0 spiro atoms. The third kappa shape index (κ3) is 4.87. The van der Waals surface area contributed by atoms with Crippen LogP contribution in [0.3, 0.4) is 0 Å². The number of halogens is 3. The zero-order valence-electron chi connectivity index (χ0n) is 12.4.